The fourth-order valence-corrected chi connectivity index (χ4v) is 4.29. The third-order valence-electron chi connectivity index (χ3n) is 4.86. The minimum Gasteiger partial charge on any atom is -0.333 e. The van der Waals surface area contributed by atoms with Crippen LogP contribution in [0.4, 0.5) is 18.9 Å². The number of aromatic nitrogens is 1. The van der Waals surface area contributed by atoms with E-state index in [4.69, 9.17) is 0 Å². The average Bonchev–Trinajstić information content (AvgIpc) is 3.19. The van der Waals surface area contributed by atoms with Crippen molar-refractivity contribution in [3.8, 4) is 0 Å². The molecule has 0 aliphatic carbocycles. The first kappa shape index (κ1) is 23.7. The van der Waals surface area contributed by atoms with Crippen molar-refractivity contribution in [2.24, 2.45) is 0 Å². The highest BCUT2D eigenvalue weighted by molar-refractivity contribution is 7.18. The van der Waals surface area contributed by atoms with Crippen LogP contribution in [0.15, 0.2) is 36.4 Å². The van der Waals surface area contributed by atoms with E-state index in [2.05, 4.69) is 10.3 Å². The zero-order valence-corrected chi connectivity index (χ0v) is 18.5. The maximum Gasteiger partial charge on any atom is 0.244 e. The van der Waals surface area contributed by atoms with Gasteiger partial charge in [-0.15, -0.1) is 11.3 Å². The Kier molecular flexibility index (Phi) is 8.21. The summed E-state index contributed by atoms with van der Waals surface area (Å²) in [6.07, 6.45) is 3.13. The Morgan fingerprint density at radius 3 is 2.59 bits per heavy atom. The number of para-hydroxylation sites is 1. The lowest BCUT2D eigenvalue weighted by atomic mass is 10.1. The number of hydrogen-bond donors (Lipinski definition) is 1. The van der Waals surface area contributed by atoms with E-state index in [-0.39, 0.29) is 18.9 Å². The third-order valence-corrected chi connectivity index (χ3v) is 5.96. The molecule has 1 heterocycles. The number of nitrogens with zero attached hydrogens (tertiary/aromatic N) is 2. The van der Waals surface area contributed by atoms with Crippen molar-refractivity contribution in [3.05, 3.63) is 58.9 Å². The smallest absolute Gasteiger partial charge is 0.244 e. The molecule has 0 atom stereocenters. The molecule has 9 heteroatoms. The quantitative estimate of drug-likeness (QED) is 0.328. The molecule has 170 valence electrons. The van der Waals surface area contributed by atoms with Crippen molar-refractivity contribution < 1.29 is 22.8 Å². The molecule has 0 aliphatic rings. The maximum atomic E-state index is 13.8. The van der Waals surface area contributed by atoms with Crippen LogP contribution in [0.1, 0.15) is 37.6 Å². The summed E-state index contributed by atoms with van der Waals surface area (Å²) in [4.78, 5) is 30.8. The van der Waals surface area contributed by atoms with Crippen molar-refractivity contribution in [2.75, 3.05) is 18.4 Å². The monoisotopic (exact) mass is 463 g/mol. The minimum absolute atomic E-state index is 0.183. The molecule has 0 radical (unpaired) electrons. The number of unbranched alkanes of at least 4 members (excludes halogenated alkanes) is 1. The number of anilines is 1. The van der Waals surface area contributed by atoms with Gasteiger partial charge >= 0.3 is 0 Å². The fraction of sp³-hybridized carbons (Fsp3) is 0.348. The molecule has 0 saturated heterocycles. The van der Waals surface area contributed by atoms with Crippen molar-refractivity contribution in [3.63, 3.8) is 0 Å². The highest BCUT2D eigenvalue weighted by Gasteiger charge is 2.19. The molecule has 0 aliphatic heterocycles. The first-order valence-corrected chi connectivity index (χ1v) is 11.3. The molecule has 3 rings (SSSR count). The Morgan fingerprint density at radius 1 is 1.06 bits per heavy atom. The Balaban J connectivity index is 1.49. The largest absolute Gasteiger partial charge is 0.333 e. The molecule has 0 saturated carbocycles. The number of thiazole rings is 1. The average molecular weight is 464 g/mol. The number of nitrogens with one attached hydrogen (secondary N) is 1. The molecular formula is C23H24F3N3O2S. The molecule has 0 spiro atoms. The van der Waals surface area contributed by atoms with Gasteiger partial charge < -0.3 is 10.2 Å². The molecule has 0 unspecified atom stereocenters. The second kappa shape index (κ2) is 11.1. The zero-order chi connectivity index (χ0) is 23.1. The molecule has 2 aromatic carbocycles. The lowest BCUT2D eigenvalue weighted by Gasteiger charge is -2.21. The first-order valence-electron chi connectivity index (χ1n) is 10.4. The van der Waals surface area contributed by atoms with E-state index in [0.29, 0.717) is 19.4 Å². The van der Waals surface area contributed by atoms with Crippen molar-refractivity contribution >= 4 is 39.1 Å². The number of hydrogen-bond acceptors (Lipinski definition) is 4. The summed E-state index contributed by atoms with van der Waals surface area (Å²) in [5.41, 5.74) is 0.509. The number of carbonyl (C=O) groups is 2. The molecule has 5 nitrogen and oxygen atoms in total. The van der Waals surface area contributed by atoms with Gasteiger partial charge in [0.25, 0.3) is 0 Å². The number of fused-ring (bicyclic) bond motifs is 1. The van der Waals surface area contributed by atoms with Gasteiger partial charge in [0.05, 0.1) is 27.5 Å². The zero-order valence-electron chi connectivity index (χ0n) is 17.7. The molecule has 1 N–H and O–H groups in total. The van der Waals surface area contributed by atoms with Crippen LogP contribution in [0.3, 0.4) is 0 Å². The van der Waals surface area contributed by atoms with Gasteiger partial charge in [-0.3, -0.25) is 9.59 Å². The van der Waals surface area contributed by atoms with Crippen LogP contribution in [0, 0.1) is 17.5 Å². The molecule has 0 fully saturated rings. The van der Waals surface area contributed by atoms with Crippen LogP contribution in [0.5, 0.6) is 0 Å². The third kappa shape index (κ3) is 6.06. The summed E-state index contributed by atoms with van der Waals surface area (Å²) in [6, 6.07) is 9.60. The summed E-state index contributed by atoms with van der Waals surface area (Å²) in [7, 11) is 0. The first-order chi connectivity index (χ1) is 15.4. The fourth-order valence-electron chi connectivity index (χ4n) is 3.28. The van der Waals surface area contributed by atoms with E-state index in [0.717, 1.165) is 40.2 Å². The number of rotatable bonds is 10. The number of amides is 2. The Bertz CT molecular complexity index is 1070. The Morgan fingerprint density at radius 2 is 1.84 bits per heavy atom. The van der Waals surface area contributed by atoms with E-state index >= 15 is 0 Å². The Hall–Kier alpha value is -2.94. The van der Waals surface area contributed by atoms with Crippen LogP contribution in [0.2, 0.25) is 0 Å². The van der Waals surface area contributed by atoms with Crippen LogP contribution in [-0.2, 0) is 16.0 Å². The van der Waals surface area contributed by atoms with Crippen molar-refractivity contribution in [1.29, 1.82) is 0 Å². The van der Waals surface area contributed by atoms with Gasteiger partial charge in [0.2, 0.25) is 11.8 Å². The molecular weight excluding hydrogens is 439 g/mol. The van der Waals surface area contributed by atoms with E-state index in [9.17, 15) is 22.8 Å². The predicted octanol–water partition coefficient (Wildman–Crippen LogP) is 5.30. The maximum absolute atomic E-state index is 13.8. The molecule has 1 aromatic heterocycles. The lowest BCUT2D eigenvalue weighted by molar-refractivity contribution is -0.134. The van der Waals surface area contributed by atoms with Crippen LogP contribution in [-0.4, -0.2) is 34.8 Å². The highest BCUT2D eigenvalue weighted by Crippen LogP contribution is 2.23. The highest BCUT2D eigenvalue weighted by atomic mass is 32.1. The van der Waals surface area contributed by atoms with Gasteiger partial charge in [-0.1, -0.05) is 19.1 Å². The van der Waals surface area contributed by atoms with Crippen LogP contribution in [0.25, 0.3) is 10.2 Å². The van der Waals surface area contributed by atoms with Crippen molar-refractivity contribution in [2.45, 2.75) is 39.0 Å². The standard InChI is InChI=1S/C23H24F3N3O2S/c1-2-13-29(14-19(30)27-17-12-11-15(24)22(25)23(17)26)21(31)10-6-5-9-20-28-16-7-3-4-8-18(16)32-20/h3-4,7-8,11-12H,2,5-6,9-10,13-14H2,1H3,(H,27,30). The number of aryl methyl sites for hydroxylation is 1. The summed E-state index contributed by atoms with van der Waals surface area (Å²) in [5.74, 6) is -5.32. The number of carbonyl (C=O) groups excluding carboxylic acids is 2. The minimum atomic E-state index is -1.66. The topological polar surface area (TPSA) is 62.3 Å². The normalized spacial score (nSPS) is 11.0. The van der Waals surface area contributed by atoms with E-state index in [1.54, 1.807) is 11.3 Å². The molecule has 3 aromatic rings. The summed E-state index contributed by atoms with van der Waals surface area (Å²) >= 11 is 1.64. The van der Waals surface area contributed by atoms with Crippen LogP contribution >= 0.6 is 11.3 Å². The van der Waals surface area contributed by atoms with Gasteiger partial charge in [-0.25, -0.2) is 18.2 Å². The second-order valence-corrected chi connectivity index (χ2v) is 8.48. The SMILES string of the molecule is CCCN(CC(=O)Nc1ccc(F)c(F)c1F)C(=O)CCCCc1nc2ccccc2s1. The predicted molar refractivity (Wildman–Crippen MR) is 119 cm³/mol. The van der Waals surface area contributed by atoms with E-state index in [1.807, 2.05) is 31.2 Å². The lowest BCUT2D eigenvalue weighted by Crippen LogP contribution is -2.38. The van der Waals surface area contributed by atoms with Crippen LogP contribution < -0.4 is 5.32 Å². The van der Waals surface area contributed by atoms with Gasteiger partial charge in [0.1, 0.15) is 0 Å². The van der Waals surface area contributed by atoms with Gasteiger partial charge in [0, 0.05) is 13.0 Å². The number of halogens is 3. The van der Waals surface area contributed by atoms with E-state index in [1.165, 1.54) is 4.90 Å². The summed E-state index contributed by atoms with van der Waals surface area (Å²) in [5, 5.41) is 3.23. The molecule has 0 bridgehead atoms. The van der Waals surface area contributed by atoms with Gasteiger partial charge in [0.15, 0.2) is 17.5 Å². The van der Waals surface area contributed by atoms with Gasteiger partial charge in [-0.2, -0.15) is 0 Å². The number of benzene rings is 2. The van der Waals surface area contributed by atoms with Gasteiger partial charge in [-0.05, 0) is 49.9 Å². The van der Waals surface area contributed by atoms with E-state index < -0.39 is 29.0 Å². The summed E-state index contributed by atoms with van der Waals surface area (Å²) < 4.78 is 41.3. The molecule has 2 amide bonds. The Labute approximate surface area is 188 Å². The van der Waals surface area contributed by atoms with Crippen molar-refractivity contribution in [1.82, 2.24) is 9.88 Å². The molecule has 32 heavy (non-hydrogen) atoms. The second-order valence-electron chi connectivity index (χ2n) is 7.37. The summed E-state index contributed by atoms with van der Waals surface area (Å²) in [6.45, 7) is 1.95.